The van der Waals surface area contributed by atoms with Crippen molar-refractivity contribution in [2.24, 2.45) is 7.05 Å². The summed E-state index contributed by atoms with van der Waals surface area (Å²) in [5.74, 6) is 0. The summed E-state index contributed by atoms with van der Waals surface area (Å²) in [5, 5.41) is 7.54. The van der Waals surface area contributed by atoms with Crippen LogP contribution in [0.1, 0.15) is 31.1 Å². The van der Waals surface area contributed by atoms with Crippen molar-refractivity contribution in [3.05, 3.63) is 36.2 Å². The highest BCUT2D eigenvalue weighted by Gasteiger charge is 2.04. The molecule has 0 saturated heterocycles. The summed E-state index contributed by atoms with van der Waals surface area (Å²) in [4.78, 5) is 4.18. The van der Waals surface area contributed by atoms with Crippen molar-refractivity contribution in [2.75, 3.05) is 0 Å². The molecular weight excluding hydrogens is 214 g/mol. The fourth-order valence-electron chi connectivity index (χ4n) is 1.83. The van der Waals surface area contributed by atoms with Crippen LogP contribution in [0.25, 0.3) is 0 Å². The van der Waals surface area contributed by atoms with Crippen molar-refractivity contribution >= 4 is 0 Å². The monoisotopic (exact) mass is 233 g/mol. The minimum Gasteiger partial charge on any atom is -0.331 e. The smallest absolute Gasteiger partial charge is 0.0951 e. The van der Waals surface area contributed by atoms with Crippen LogP contribution in [0.2, 0.25) is 0 Å². The summed E-state index contributed by atoms with van der Waals surface area (Å²) in [5.41, 5.74) is 2.41. The molecular formula is C12H19N5. The molecule has 0 amide bonds. The molecule has 0 aliphatic carbocycles. The Hall–Kier alpha value is -1.62. The van der Waals surface area contributed by atoms with Crippen LogP contribution in [0.3, 0.4) is 0 Å². The molecule has 5 nitrogen and oxygen atoms in total. The first-order chi connectivity index (χ1) is 8.16. The van der Waals surface area contributed by atoms with Crippen molar-refractivity contribution in [3.63, 3.8) is 0 Å². The minimum atomic E-state index is 0.452. The number of hydrogen-bond donors (Lipinski definition) is 1. The van der Waals surface area contributed by atoms with Crippen LogP contribution in [0.5, 0.6) is 0 Å². The molecule has 0 atom stereocenters. The number of aryl methyl sites for hydroxylation is 1. The SMILES string of the molecule is CC(C)n1cncc1CNCc1cnn(C)c1. The Morgan fingerprint density at radius 1 is 1.29 bits per heavy atom. The van der Waals surface area contributed by atoms with E-state index in [9.17, 15) is 0 Å². The Morgan fingerprint density at radius 2 is 2.12 bits per heavy atom. The zero-order chi connectivity index (χ0) is 12.3. The van der Waals surface area contributed by atoms with Gasteiger partial charge in [-0.3, -0.25) is 4.68 Å². The van der Waals surface area contributed by atoms with E-state index < -0.39 is 0 Å². The van der Waals surface area contributed by atoms with Crippen molar-refractivity contribution in [1.29, 1.82) is 0 Å². The predicted octanol–water partition coefficient (Wildman–Crippen LogP) is 1.49. The van der Waals surface area contributed by atoms with Crippen molar-refractivity contribution in [1.82, 2.24) is 24.6 Å². The molecule has 2 heterocycles. The third kappa shape index (κ3) is 2.94. The highest BCUT2D eigenvalue weighted by atomic mass is 15.2. The molecule has 2 aromatic rings. The van der Waals surface area contributed by atoms with Crippen LogP contribution in [0.15, 0.2) is 24.9 Å². The fraction of sp³-hybridized carbons (Fsp3) is 0.500. The molecule has 0 aromatic carbocycles. The van der Waals surface area contributed by atoms with Gasteiger partial charge in [-0.15, -0.1) is 0 Å². The first kappa shape index (κ1) is 11.9. The van der Waals surface area contributed by atoms with E-state index in [0.29, 0.717) is 6.04 Å². The Balaban J connectivity index is 1.88. The number of nitrogens with zero attached hydrogens (tertiary/aromatic N) is 4. The van der Waals surface area contributed by atoms with Crippen molar-refractivity contribution in [2.45, 2.75) is 33.0 Å². The highest BCUT2D eigenvalue weighted by Crippen LogP contribution is 2.08. The summed E-state index contributed by atoms with van der Waals surface area (Å²) in [6, 6.07) is 0.452. The third-order valence-electron chi connectivity index (χ3n) is 2.70. The van der Waals surface area contributed by atoms with Gasteiger partial charge in [0.15, 0.2) is 0 Å². The zero-order valence-electron chi connectivity index (χ0n) is 10.6. The lowest BCUT2D eigenvalue weighted by atomic mass is 10.3. The van der Waals surface area contributed by atoms with Crippen LogP contribution in [-0.4, -0.2) is 19.3 Å². The van der Waals surface area contributed by atoms with Crippen LogP contribution in [0, 0.1) is 0 Å². The molecule has 0 radical (unpaired) electrons. The lowest BCUT2D eigenvalue weighted by molar-refractivity contribution is 0.550. The van der Waals surface area contributed by atoms with Crippen LogP contribution >= 0.6 is 0 Å². The van der Waals surface area contributed by atoms with E-state index in [0.717, 1.165) is 13.1 Å². The van der Waals surface area contributed by atoms with Gasteiger partial charge in [0, 0.05) is 44.1 Å². The van der Waals surface area contributed by atoms with Gasteiger partial charge in [-0.2, -0.15) is 5.10 Å². The third-order valence-corrected chi connectivity index (χ3v) is 2.70. The predicted molar refractivity (Wildman–Crippen MR) is 66.4 cm³/mol. The van der Waals surface area contributed by atoms with Gasteiger partial charge in [-0.25, -0.2) is 4.98 Å². The van der Waals surface area contributed by atoms with E-state index in [1.165, 1.54) is 11.3 Å². The maximum absolute atomic E-state index is 4.18. The average Bonchev–Trinajstić information content (AvgIpc) is 2.87. The molecule has 2 rings (SSSR count). The molecule has 0 saturated carbocycles. The van der Waals surface area contributed by atoms with E-state index in [-0.39, 0.29) is 0 Å². The molecule has 1 N–H and O–H groups in total. The van der Waals surface area contributed by atoms with E-state index in [1.807, 2.05) is 36.6 Å². The molecule has 0 unspecified atom stereocenters. The summed E-state index contributed by atoms with van der Waals surface area (Å²) < 4.78 is 3.99. The molecule has 0 aliphatic rings. The molecule has 0 aliphatic heterocycles. The van der Waals surface area contributed by atoms with Gasteiger partial charge in [-0.05, 0) is 13.8 Å². The van der Waals surface area contributed by atoms with Crippen LogP contribution < -0.4 is 5.32 Å². The number of aromatic nitrogens is 4. The quantitative estimate of drug-likeness (QED) is 0.851. The van der Waals surface area contributed by atoms with Crippen molar-refractivity contribution in [3.8, 4) is 0 Å². The number of hydrogen-bond acceptors (Lipinski definition) is 3. The molecule has 0 fully saturated rings. The Morgan fingerprint density at radius 3 is 2.76 bits per heavy atom. The summed E-state index contributed by atoms with van der Waals surface area (Å²) in [6.07, 6.45) is 7.70. The van der Waals surface area contributed by atoms with Crippen LogP contribution in [-0.2, 0) is 20.1 Å². The van der Waals surface area contributed by atoms with Gasteiger partial charge in [0.2, 0.25) is 0 Å². The second kappa shape index (κ2) is 5.14. The summed E-state index contributed by atoms with van der Waals surface area (Å²) in [6.45, 7) is 5.97. The molecule has 0 bridgehead atoms. The normalized spacial score (nSPS) is 11.3. The first-order valence-electron chi connectivity index (χ1n) is 5.85. The topological polar surface area (TPSA) is 47.7 Å². The minimum absolute atomic E-state index is 0.452. The van der Waals surface area contributed by atoms with Gasteiger partial charge < -0.3 is 9.88 Å². The molecule has 17 heavy (non-hydrogen) atoms. The van der Waals surface area contributed by atoms with E-state index >= 15 is 0 Å². The second-order valence-electron chi connectivity index (χ2n) is 4.51. The Kier molecular flexibility index (Phi) is 3.58. The second-order valence-corrected chi connectivity index (χ2v) is 4.51. The Bertz CT molecular complexity index is 469. The molecule has 2 aromatic heterocycles. The maximum Gasteiger partial charge on any atom is 0.0951 e. The van der Waals surface area contributed by atoms with Crippen molar-refractivity contribution < 1.29 is 0 Å². The number of nitrogens with one attached hydrogen (secondary N) is 1. The standard InChI is InChI=1S/C12H19N5/c1-10(2)17-9-14-7-12(17)6-13-4-11-5-15-16(3)8-11/h5,7-10,13H,4,6H2,1-3H3. The summed E-state index contributed by atoms with van der Waals surface area (Å²) in [7, 11) is 1.93. The molecule has 92 valence electrons. The van der Waals surface area contributed by atoms with Gasteiger partial charge >= 0.3 is 0 Å². The fourth-order valence-corrected chi connectivity index (χ4v) is 1.83. The van der Waals surface area contributed by atoms with E-state index in [4.69, 9.17) is 0 Å². The van der Waals surface area contributed by atoms with Gasteiger partial charge in [0.25, 0.3) is 0 Å². The number of imidazole rings is 1. The van der Waals surface area contributed by atoms with Crippen LogP contribution in [0.4, 0.5) is 0 Å². The lowest BCUT2D eigenvalue weighted by Gasteiger charge is -2.11. The Labute approximate surface area is 101 Å². The maximum atomic E-state index is 4.18. The van der Waals surface area contributed by atoms with E-state index in [2.05, 4.69) is 33.8 Å². The van der Waals surface area contributed by atoms with Gasteiger partial charge in [-0.1, -0.05) is 0 Å². The number of rotatable bonds is 5. The molecule has 5 heteroatoms. The largest absolute Gasteiger partial charge is 0.331 e. The summed E-state index contributed by atoms with van der Waals surface area (Å²) >= 11 is 0. The molecule has 0 spiro atoms. The average molecular weight is 233 g/mol. The van der Waals surface area contributed by atoms with Gasteiger partial charge in [0.05, 0.1) is 18.2 Å². The van der Waals surface area contributed by atoms with E-state index in [1.54, 1.807) is 0 Å². The zero-order valence-corrected chi connectivity index (χ0v) is 10.6. The highest BCUT2D eigenvalue weighted by molar-refractivity contribution is 5.04. The lowest BCUT2D eigenvalue weighted by Crippen LogP contribution is -2.16. The first-order valence-corrected chi connectivity index (χ1v) is 5.85. The van der Waals surface area contributed by atoms with Gasteiger partial charge in [0.1, 0.15) is 0 Å².